The Bertz CT molecular complexity index is 184. The minimum atomic E-state index is -3.18. The van der Waals surface area contributed by atoms with Crippen molar-refractivity contribution in [2.45, 2.75) is 19.3 Å². The zero-order chi connectivity index (χ0) is 9.61. The molecule has 12 heavy (non-hydrogen) atoms. The highest BCUT2D eigenvalue weighted by atomic mass is 31.2. The van der Waals surface area contributed by atoms with Crippen LogP contribution in [0.5, 0.6) is 0 Å². The van der Waals surface area contributed by atoms with Gasteiger partial charge in [-0.25, -0.2) is 0 Å². The van der Waals surface area contributed by atoms with E-state index >= 15 is 0 Å². The largest absolute Gasteiger partial charge is 0.396 e. The molecule has 5 heteroatoms. The lowest BCUT2D eigenvalue weighted by Gasteiger charge is -2.03. The first-order valence-corrected chi connectivity index (χ1v) is 6.17. The van der Waals surface area contributed by atoms with Crippen LogP contribution in [0.1, 0.15) is 19.3 Å². The molecule has 0 radical (unpaired) electrons. The first-order chi connectivity index (χ1) is 5.45. The van der Waals surface area contributed by atoms with Gasteiger partial charge in [0, 0.05) is 19.7 Å². The smallest absolute Gasteiger partial charge is 0.204 e. The molecule has 0 saturated heterocycles. The van der Waals surface area contributed by atoms with Gasteiger partial charge in [-0.1, -0.05) is 0 Å². The van der Waals surface area contributed by atoms with E-state index in [1.54, 1.807) is 0 Å². The summed E-state index contributed by atoms with van der Waals surface area (Å²) in [6, 6.07) is 0. The molecule has 4 nitrogen and oxygen atoms in total. The Balaban J connectivity index is 3.54. The maximum absolute atomic E-state index is 10.9. The quantitative estimate of drug-likeness (QED) is 0.480. The molecule has 0 aliphatic carbocycles. The van der Waals surface area contributed by atoms with Crippen LogP contribution in [0.3, 0.4) is 0 Å². The average molecular weight is 194 g/mol. The van der Waals surface area contributed by atoms with Crippen molar-refractivity contribution in [3.05, 3.63) is 0 Å². The molecule has 72 valence electrons. The monoisotopic (exact) mass is 194 g/mol. The highest BCUT2D eigenvalue weighted by Gasteiger charge is 2.15. The molecule has 1 unspecified atom stereocenters. The third kappa shape index (κ3) is 7.92. The van der Waals surface area contributed by atoms with Gasteiger partial charge in [0.05, 0.1) is 6.16 Å². The fourth-order valence-corrected chi connectivity index (χ4v) is 1.65. The van der Waals surface area contributed by atoms with Gasteiger partial charge in [-0.05, 0) is 12.8 Å². The molecular formula is C7H15O4P. The normalized spacial score (nSPS) is 15.6. The van der Waals surface area contributed by atoms with Gasteiger partial charge in [0.15, 0.2) is 0 Å². The van der Waals surface area contributed by atoms with E-state index in [1.807, 2.05) is 0 Å². The second-order valence-electron chi connectivity index (χ2n) is 2.93. The lowest BCUT2D eigenvalue weighted by atomic mass is 10.2. The Morgan fingerprint density at radius 1 is 1.42 bits per heavy atom. The fraction of sp³-hybridized carbons (Fsp3) is 0.857. The van der Waals surface area contributed by atoms with Crippen LogP contribution in [0.25, 0.3) is 0 Å². The van der Waals surface area contributed by atoms with Crippen molar-refractivity contribution in [2.75, 3.05) is 19.4 Å². The number of hydrogen-bond acceptors (Lipinski definition) is 3. The van der Waals surface area contributed by atoms with Gasteiger partial charge < -0.3 is 10.00 Å². The molecule has 1 atom stereocenters. The summed E-state index contributed by atoms with van der Waals surface area (Å²) in [4.78, 5) is 19.7. The zero-order valence-corrected chi connectivity index (χ0v) is 8.09. The molecule has 0 fully saturated rings. The lowest BCUT2D eigenvalue weighted by Crippen LogP contribution is -2.04. The predicted molar refractivity (Wildman–Crippen MR) is 46.6 cm³/mol. The van der Waals surface area contributed by atoms with Crippen molar-refractivity contribution in [1.29, 1.82) is 0 Å². The summed E-state index contributed by atoms with van der Waals surface area (Å²) in [5.74, 6) is -0.197. The fourth-order valence-electron chi connectivity index (χ4n) is 0.840. The van der Waals surface area contributed by atoms with E-state index in [2.05, 4.69) is 0 Å². The summed E-state index contributed by atoms with van der Waals surface area (Å²) in [7, 11) is -3.18. The Hall–Kier alpha value is -0.180. The number of rotatable bonds is 6. The third-order valence-corrected chi connectivity index (χ3v) is 2.27. The minimum absolute atomic E-state index is 0.0657. The Kier molecular flexibility index (Phi) is 5.38. The Morgan fingerprint density at radius 2 is 2.00 bits per heavy atom. The molecule has 0 aromatic carbocycles. The molecule has 0 bridgehead atoms. The lowest BCUT2D eigenvalue weighted by molar-refractivity contribution is -0.116. The van der Waals surface area contributed by atoms with Gasteiger partial charge >= 0.3 is 0 Å². The second kappa shape index (κ2) is 5.46. The number of aliphatic hydroxyl groups excluding tert-OH is 1. The molecule has 0 rings (SSSR count). The van der Waals surface area contributed by atoms with Crippen LogP contribution in [0.4, 0.5) is 0 Å². The van der Waals surface area contributed by atoms with Crippen molar-refractivity contribution in [1.82, 2.24) is 0 Å². The van der Waals surface area contributed by atoms with Gasteiger partial charge in [-0.15, -0.1) is 0 Å². The van der Waals surface area contributed by atoms with E-state index in [-0.39, 0.29) is 18.6 Å². The van der Waals surface area contributed by atoms with E-state index in [0.29, 0.717) is 19.3 Å². The van der Waals surface area contributed by atoms with E-state index in [0.717, 1.165) is 0 Å². The maximum atomic E-state index is 10.9. The summed E-state index contributed by atoms with van der Waals surface area (Å²) in [5, 5.41) is 8.40. The topological polar surface area (TPSA) is 74.6 Å². The summed E-state index contributed by atoms with van der Waals surface area (Å²) in [6.45, 7) is 1.24. The third-order valence-electron chi connectivity index (χ3n) is 1.33. The number of Topliss-reactive ketones (excluding diaryl/α,β-unsaturated/α-hetero) is 1. The number of hydrogen-bond donors (Lipinski definition) is 2. The summed E-state index contributed by atoms with van der Waals surface area (Å²) in [6.07, 6.45) is 1.22. The zero-order valence-electron chi connectivity index (χ0n) is 7.19. The standard InChI is InChI=1S/C7H15O4P/c1-12(10,11)6-7(9)4-2-3-5-8/h8H,2-6H2,1H3,(H,10,11). The van der Waals surface area contributed by atoms with Gasteiger partial charge in [-0.3, -0.25) is 9.36 Å². The van der Waals surface area contributed by atoms with Crippen LogP contribution in [0.2, 0.25) is 0 Å². The average Bonchev–Trinajstić information content (AvgIpc) is 1.84. The first-order valence-electron chi connectivity index (χ1n) is 3.87. The van der Waals surface area contributed by atoms with Gasteiger partial charge in [-0.2, -0.15) is 0 Å². The van der Waals surface area contributed by atoms with Crippen molar-refractivity contribution in [3.8, 4) is 0 Å². The van der Waals surface area contributed by atoms with Gasteiger partial charge in [0.1, 0.15) is 5.78 Å². The van der Waals surface area contributed by atoms with Crippen LogP contribution >= 0.6 is 7.37 Å². The second-order valence-corrected chi connectivity index (χ2v) is 5.35. The molecule has 0 saturated carbocycles. The molecule has 0 aliphatic rings. The van der Waals surface area contributed by atoms with E-state index in [4.69, 9.17) is 10.00 Å². The maximum Gasteiger partial charge on any atom is 0.204 e. The molecule has 0 spiro atoms. The van der Waals surface area contributed by atoms with E-state index < -0.39 is 7.37 Å². The summed E-state index contributed by atoms with van der Waals surface area (Å²) in [5.41, 5.74) is 0. The number of carbonyl (C=O) groups is 1. The van der Waals surface area contributed by atoms with Gasteiger partial charge in [0.25, 0.3) is 0 Å². The minimum Gasteiger partial charge on any atom is -0.396 e. The summed E-state index contributed by atoms with van der Waals surface area (Å²) < 4.78 is 10.7. The van der Waals surface area contributed by atoms with E-state index in [9.17, 15) is 9.36 Å². The van der Waals surface area contributed by atoms with Crippen molar-refractivity contribution < 1.29 is 19.4 Å². The molecule has 0 amide bonds. The van der Waals surface area contributed by atoms with Crippen LogP contribution in [0, 0.1) is 0 Å². The predicted octanol–water partition coefficient (Wildman–Crippen LogP) is 0.618. The Morgan fingerprint density at radius 3 is 2.42 bits per heavy atom. The number of ketones is 1. The highest BCUT2D eigenvalue weighted by molar-refractivity contribution is 7.58. The van der Waals surface area contributed by atoms with Crippen molar-refractivity contribution >= 4 is 13.2 Å². The summed E-state index contributed by atoms with van der Waals surface area (Å²) >= 11 is 0. The van der Waals surface area contributed by atoms with Crippen LogP contribution < -0.4 is 0 Å². The highest BCUT2D eigenvalue weighted by Crippen LogP contribution is 2.34. The molecule has 0 aliphatic heterocycles. The van der Waals surface area contributed by atoms with Crippen LogP contribution in [0.15, 0.2) is 0 Å². The van der Waals surface area contributed by atoms with Crippen LogP contribution in [-0.4, -0.2) is 35.2 Å². The molecule has 0 aromatic rings. The molecule has 0 heterocycles. The van der Waals surface area contributed by atoms with Crippen molar-refractivity contribution in [3.63, 3.8) is 0 Å². The Labute approximate surface area is 72.1 Å². The molecule has 2 N–H and O–H groups in total. The van der Waals surface area contributed by atoms with Crippen LogP contribution in [-0.2, 0) is 9.36 Å². The first kappa shape index (κ1) is 11.8. The number of carbonyl (C=O) groups excluding carboxylic acids is 1. The number of aliphatic hydroxyl groups is 1. The van der Waals surface area contributed by atoms with E-state index in [1.165, 1.54) is 6.66 Å². The molecule has 0 aromatic heterocycles. The number of unbranched alkanes of at least 4 members (excludes halogenated alkanes) is 1. The van der Waals surface area contributed by atoms with Gasteiger partial charge in [0.2, 0.25) is 7.37 Å². The SMILES string of the molecule is CP(=O)(O)CC(=O)CCCCO. The van der Waals surface area contributed by atoms with Crippen molar-refractivity contribution in [2.24, 2.45) is 0 Å². The molecular weight excluding hydrogens is 179 g/mol.